The van der Waals surface area contributed by atoms with Crippen LogP contribution in [-0.2, 0) is 9.53 Å². The molecule has 0 aliphatic heterocycles. The Bertz CT molecular complexity index is 412. The second-order valence-electron chi connectivity index (χ2n) is 7.49. The first-order valence-electron chi connectivity index (χ1n) is 10.0. The minimum atomic E-state index is 0.0160. The maximum atomic E-state index is 11.8. The number of aliphatic imine (C=N–C) groups is 1. The summed E-state index contributed by atoms with van der Waals surface area (Å²) >= 11 is 0. The Morgan fingerprint density at radius 3 is 2.32 bits per heavy atom. The van der Waals surface area contributed by atoms with Gasteiger partial charge in [0.15, 0.2) is 5.96 Å². The molecule has 0 unspecified atom stereocenters. The second-order valence-corrected chi connectivity index (χ2v) is 7.49. The highest BCUT2D eigenvalue weighted by atomic mass is 16.5. The number of hydrogen-bond donors (Lipinski definition) is 2. The predicted octanol–water partition coefficient (Wildman–Crippen LogP) is 2.29. The Labute approximate surface area is 152 Å². The lowest BCUT2D eigenvalue weighted by atomic mass is 10.1. The summed E-state index contributed by atoms with van der Waals surface area (Å²) in [5, 5.41) is 6.81. The number of carbonyl (C=O) groups is 1. The molecule has 2 N–H and O–H groups in total. The molecular weight excluding hydrogens is 316 g/mol. The summed E-state index contributed by atoms with van der Waals surface area (Å²) in [7, 11) is 3.52. The molecule has 144 valence electrons. The number of nitrogens with one attached hydrogen (secondary N) is 2. The van der Waals surface area contributed by atoms with Crippen molar-refractivity contribution in [2.45, 2.75) is 76.4 Å². The lowest BCUT2D eigenvalue weighted by molar-refractivity contribution is -0.127. The maximum Gasteiger partial charge on any atom is 0.243 e. The molecule has 0 saturated heterocycles. The van der Waals surface area contributed by atoms with Crippen molar-refractivity contribution < 1.29 is 9.53 Å². The molecule has 25 heavy (non-hydrogen) atoms. The summed E-state index contributed by atoms with van der Waals surface area (Å²) in [5.74, 6) is 0.758. The Balaban J connectivity index is 1.74. The van der Waals surface area contributed by atoms with Crippen molar-refractivity contribution in [3.8, 4) is 0 Å². The molecule has 1 amide bonds. The van der Waals surface area contributed by atoms with Gasteiger partial charge in [0.05, 0.1) is 12.7 Å². The molecule has 2 aliphatic rings. The van der Waals surface area contributed by atoms with Crippen LogP contribution in [0, 0.1) is 0 Å². The summed E-state index contributed by atoms with van der Waals surface area (Å²) in [4.78, 5) is 17.8. The monoisotopic (exact) mass is 352 g/mol. The molecule has 0 radical (unpaired) electrons. The normalized spacial score (nSPS) is 20.3. The SMILES string of the molecule is CN(C)C(=O)CN=C(NCCOC1CCCCCC1)NC1CCCC1. The van der Waals surface area contributed by atoms with Gasteiger partial charge in [-0.05, 0) is 25.7 Å². The zero-order valence-electron chi connectivity index (χ0n) is 16.1. The van der Waals surface area contributed by atoms with Gasteiger partial charge in [0.25, 0.3) is 0 Å². The van der Waals surface area contributed by atoms with E-state index in [-0.39, 0.29) is 12.5 Å². The largest absolute Gasteiger partial charge is 0.376 e. The van der Waals surface area contributed by atoms with Gasteiger partial charge in [-0.1, -0.05) is 38.5 Å². The van der Waals surface area contributed by atoms with Crippen molar-refractivity contribution in [3.63, 3.8) is 0 Å². The van der Waals surface area contributed by atoms with Crippen LogP contribution in [0.3, 0.4) is 0 Å². The maximum absolute atomic E-state index is 11.8. The van der Waals surface area contributed by atoms with E-state index in [0.717, 1.165) is 12.5 Å². The Hall–Kier alpha value is -1.30. The van der Waals surface area contributed by atoms with Crippen LogP contribution < -0.4 is 10.6 Å². The van der Waals surface area contributed by atoms with E-state index in [1.54, 1.807) is 19.0 Å². The van der Waals surface area contributed by atoms with Crippen LogP contribution in [0.5, 0.6) is 0 Å². The molecule has 0 heterocycles. The van der Waals surface area contributed by atoms with Crippen LogP contribution >= 0.6 is 0 Å². The van der Waals surface area contributed by atoms with E-state index >= 15 is 0 Å². The molecule has 6 nitrogen and oxygen atoms in total. The van der Waals surface area contributed by atoms with E-state index in [1.165, 1.54) is 64.2 Å². The molecule has 6 heteroatoms. The smallest absolute Gasteiger partial charge is 0.243 e. The highest BCUT2D eigenvalue weighted by Crippen LogP contribution is 2.19. The number of hydrogen-bond acceptors (Lipinski definition) is 3. The van der Waals surface area contributed by atoms with Crippen LogP contribution in [-0.4, -0.2) is 62.7 Å². The topological polar surface area (TPSA) is 66.0 Å². The van der Waals surface area contributed by atoms with Gasteiger partial charge in [0.1, 0.15) is 6.54 Å². The first-order chi connectivity index (χ1) is 12.1. The molecular formula is C19H36N4O2. The average Bonchev–Trinajstić information content (AvgIpc) is 2.97. The Kier molecular flexibility index (Phi) is 9.08. The van der Waals surface area contributed by atoms with Gasteiger partial charge in [-0.25, -0.2) is 4.99 Å². The zero-order valence-corrected chi connectivity index (χ0v) is 16.1. The summed E-state index contributed by atoms with van der Waals surface area (Å²) in [6.07, 6.45) is 13.0. The summed E-state index contributed by atoms with van der Waals surface area (Å²) in [5.41, 5.74) is 0. The predicted molar refractivity (Wildman–Crippen MR) is 102 cm³/mol. The molecule has 2 rings (SSSR count). The fourth-order valence-corrected chi connectivity index (χ4v) is 3.51. The van der Waals surface area contributed by atoms with Gasteiger partial charge in [-0.15, -0.1) is 0 Å². The average molecular weight is 353 g/mol. The standard InChI is InChI=1S/C19H36N4O2/c1-23(2)18(24)15-21-19(22-16-9-7-8-10-16)20-13-14-25-17-11-5-3-4-6-12-17/h16-17H,3-15H2,1-2H3,(H2,20,21,22). The zero-order chi connectivity index (χ0) is 17.9. The highest BCUT2D eigenvalue weighted by molar-refractivity contribution is 5.84. The lowest BCUT2D eigenvalue weighted by Gasteiger charge is -2.19. The number of nitrogens with zero attached hydrogens (tertiary/aromatic N) is 2. The highest BCUT2D eigenvalue weighted by Gasteiger charge is 2.17. The van der Waals surface area contributed by atoms with Crippen LogP contribution in [0.2, 0.25) is 0 Å². The van der Waals surface area contributed by atoms with Crippen molar-refractivity contribution in [1.82, 2.24) is 15.5 Å². The third-order valence-corrected chi connectivity index (χ3v) is 5.12. The van der Waals surface area contributed by atoms with Crippen molar-refractivity contribution >= 4 is 11.9 Å². The van der Waals surface area contributed by atoms with Gasteiger partial charge in [-0.2, -0.15) is 0 Å². The van der Waals surface area contributed by atoms with Crippen molar-refractivity contribution in [1.29, 1.82) is 0 Å². The number of rotatable bonds is 7. The van der Waals surface area contributed by atoms with Crippen LogP contribution in [0.25, 0.3) is 0 Å². The van der Waals surface area contributed by atoms with Gasteiger partial charge >= 0.3 is 0 Å². The third-order valence-electron chi connectivity index (χ3n) is 5.12. The Morgan fingerprint density at radius 1 is 1.04 bits per heavy atom. The van der Waals surface area contributed by atoms with Gasteiger partial charge < -0.3 is 20.3 Å². The van der Waals surface area contributed by atoms with E-state index in [1.807, 2.05) is 0 Å². The molecule has 0 bridgehead atoms. The molecule has 2 saturated carbocycles. The number of likely N-dealkylation sites (N-methyl/N-ethyl adjacent to an activating group) is 1. The minimum Gasteiger partial charge on any atom is -0.376 e. The van der Waals surface area contributed by atoms with Crippen LogP contribution in [0.4, 0.5) is 0 Å². The number of carbonyl (C=O) groups excluding carboxylic acids is 1. The first kappa shape index (κ1) is 20.0. The summed E-state index contributed by atoms with van der Waals surface area (Å²) in [6.45, 7) is 1.60. The van der Waals surface area contributed by atoms with Crippen molar-refractivity contribution in [2.75, 3.05) is 33.8 Å². The molecule has 0 atom stereocenters. The van der Waals surface area contributed by atoms with Gasteiger partial charge in [0.2, 0.25) is 5.91 Å². The molecule has 0 aromatic rings. The van der Waals surface area contributed by atoms with Gasteiger partial charge in [-0.3, -0.25) is 4.79 Å². The van der Waals surface area contributed by atoms with Crippen molar-refractivity contribution in [2.24, 2.45) is 4.99 Å². The van der Waals surface area contributed by atoms with E-state index in [0.29, 0.717) is 18.8 Å². The minimum absolute atomic E-state index is 0.0160. The van der Waals surface area contributed by atoms with Crippen LogP contribution in [0.1, 0.15) is 64.2 Å². The molecule has 2 aliphatic carbocycles. The second kappa shape index (κ2) is 11.3. The molecule has 2 fully saturated rings. The van der Waals surface area contributed by atoms with E-state index in [2.05, 4.69) is 15.6 Å². The fourth-order valence-electron chi connectivity index (χ4n) is 3.51. The van der Waals surface area contributed by atoms with E-state index < -0.39 is 0 Å². The van der Waals surface area contributed by atoms with E-state index in [4.69, 9.17) is 4.74 Å². The number of amides is 1. The number of guanidine groups is 1. The fraction of sp³-hybridized carbons (Fsp3) is 0.895. The lowest BCUT2D eigenvalue weighted by Crippen LogP contribution is -2.44. The molecule has 0 aromatic carbocycles. The summed E-state index contributed by atoms with van der Waals surface area (Å²) < 4.78 is 6.03. The number of ether oxygens (including phenoxy) is 1. The molecule has 0 spiro atoms. The molecule has 0 aromatic heterocycles. The van der Waals surface area contributed by atoms with Gasteiger partial charge in [0, 0.05) is 26.7 Å². The quantitative estimate of drug-likeness (QED) is 0.319. The van der Waals surface area contributed by atoms with E-state index in [9.17, 15) is 4.79 Å². The van der Waals surface area contributed by atoms with Crippen molar-refractivity contribution in [3.05, 3.63) is 0 Å². The summed E-state index contributed by atoms with van der Waals surface area (Å²) in [6, 6.07) is 0.475. The first-order valence-corrected chi connectivity index (χ1v) is 10.0. The third kappa shape index (κ3) is 8.08. The Morgan fingerprint density at radius 2 is 1.68 bits per heavy atom. The van der Waals surface area contributed by atoms with Crippen LogP contribution in [0.15, 0.2) is 4.99 Å².